The van der Waals surface area contributed by atoms with Crippen LogP contribution in [0.2, 0.25) is 5.02 Å². The van der Waals surface area contributed by atoms with Crippen LogP contribution in [0, 0.1) is 5.92 Å². The van der Waals surface area contributed by atoms with Gasteiger partial charge in [0.1, 0.15) is 0 Å². The van der Waals surface area contributed by atoms with Gasteiger partial charge in [-0.3, -0.25) is 14.5 Å². The maximum atomic E-state index is 12.1. The molecule has 2 amide bonds. The van der Waals surface area contributed by atoms with Crippen molar-refractivity contribution in [3.63, 3.8) is 0 Å². The van der Waals surface area contributed by atoms with Crippen LogP contribution >= 0.6 is 11.6 Å². The van der Waals surface area contributed by atoms with Crippen molar-refractivity contribution in [1.82, 2.24) is 15.5 Å². The molecule has 132 valence electrons. The zero-order valence-corrected chi connectivity index (χ0v) is 14.9. The molecule has 2 rings (SSSR count). The molecule has 1 aliphatic rings. The molecule has 0 aliphatic carbocycles. The predicted molar refractivity (Wildman–Crippen MR) is 95.8 cm³/mol. The fourth-order valence-corrected chi connectivity index (χ4v) is 3.07. The molecule has 2 N–H and O–H groups in total. The van der Waals surface area contributed by atoms with Gasteiger partial charge in [0, 0.05) is 24.0 Å². The third-order valence-electron chi connectivity index (χ3n) is 4.25. The molecule has 1 aliphatic heterocycles. The Labute approximate surface area is 148 Å². The highest BCUT2D eigenvalue weighted by molar-refractivity contribution is 6.30. The lowest BCUT2D eigenvalue weighted by atomic mass is 9.96. The lowest BCUT2D eigenvalue weighted by Crippen LogP contribution is -2.44. The van der Waals surface area contributed by atoms with Gasteiger partial charge in [-0.1, -0.05) is 30.7 Å². The molecule has 0 radical (unpaired) electrons. The average Bonchev–Trinajstić information content (AvgIpc) is 2.58. The minimum atomic E-state index is 0.00357. The van der Waals surface area contributed by atoms with Crippen LogP contribution in [0.25, 0.3) is 0 Å². The van der Waals surface area contributed by atoms with E-state index in [2.05, 4.69) is 15.5 Å². The van der Waals surface area contributed by atoms with E-state index in [0.717, 1.165) is 44.5 Å². The van der Waals surface area contributed by atoms with Gasteiger partial charge in [0.15, 0.2) is 0 Å². The monoisotopic (exact) mass is 351 g/mol. The van der Waals surface area contributed by atoms with Crippen molar-refractivity contribution < 1.29 is 9.59 Å². The first-order valence-corrected chi connectivity index (χ1v) is 8.97. The Kier molecular flexibility index (Phi) is 7.53. The summed E-state index contributed by atoms with van der Waals surface area (Å²) < 4.78 is 0. The number of hydrogen-bond donors (Lipinski definition) is 2. The Morgan fingerprint density at radius 1 is 1.25 bits per heavy atom. The lowest BCUT2D eigenvalue weighted by Gasteiger charge is -2.30. The smallest absolute Gasteiger partial charge is 0.234 e. The molecule has 5 nitrogen and oxygen atoms in total. The second-order valence-electron chi connectivity index (χ2n) is 6.25. The van der Waals surface area contributed by atoms with Crippen molar-refractivity contribution in [3.8, 4) is 0 Å². The molecule has 0 aromatic heterocycles. The first-order valence-electron chi connectivity index (χ1n) is 8.59. The number of benzene rings is 1. The quantitative estimate of drug-likeness (QED) is 0.791. The molecule has 0 saturated carbocycles. The van der Waals surface area contributed by atoms with Crippen LogP contribution in [0.3, 0.4) is 0 Å². The van der Waals surface area contributed by atoms with Crippen molar-refractivity contribution in [2.24, 2.45) is 5.92 Å². The van der Waals surface area contributed by atoms with E-state index in [1.165, 1.54) is 0 Å². The second kappa shape index (κ2) is 9.64. The van der Waals surface area contributed by atoms with E-state index in [1.54, 1.807) is 0 Å². The number of halogens is 1. The number of nitrogens with one attached hydrogen (secondary N) is 2. The molecule has 1 aromatic carbocycles. The van der Waals surface area contributed by atoms with Crippen molar-refractivity contribution in [2.75, 3.05) is 26.2 Å². The Balaban J connectivity index is 1.67. The van der Waals surface area contributed by atoms with Gasteiger partial charge < -0.3 is 10.6 Å². The SMILES string of the molecule is CCCNC(=O)C1CCN(CC(=O)NCc2cccc(Cl)c2)CC1. The Morgan fingerprint density at radius 2 is 2.00 bits per heavy atom. The summed E-state index contributed by atoms with van der Waals surface area (Å²) in [7, 11) is 0. The zero-order valence-electron chi connectivity index (χ0n) is 14.2. The number of hydrogen-bond acceptors (Lipinski definition) is 3. The highest BCUT2D eigenvalue weighted by atomic mass is 35.5. The van der Waals surface area contributed by atoms with Gasteiger partial charge in [-0.15, -0.1) is 0 Å². The van der Waals surface area contributed by atoms with Gasteiger partial charge in [-0.25, -0.2) is 0 Å². The van der Waals surface area contributed by atoms with Crippen molar-refractivity contribution in [3.05, 3.63) is 34.9 Å². The predicted octanol–water partition coefficient (Wildman–Crippen LogP) is 2.19. The number of rotatable bonds is 7. The summed E-state index contributed by atoms with van der Waals surface area (Å²) in [5, 5.41) is 6.54. The van der Waals surface area contributed by atoms with E-state index >= 15 is 0 Å². The molecule has 0 unspecified atom stereocenters. The van der Waals surface area contributed by atoms with E-state index in [4.69, 9.17) is 11.6 Å². The van der Waals surface area contributed by atoms with Gasteiger partial charge >= 0.3 is 0 Å². The second-order valence-corrected chi connectivity index (χ2v) is 6.68. The van der Waals surface area contributed by atoms with Gasteiger partial charge in [-0.05, 0) is 50.0 Å². The largest absolute Gasteiger partial charge is 0.356 e. The molecular formula is C18H26ClN3O2. The fraction of sp³-hybridized carbons (Fsp3) is 0.556. The average molecular weight is 352 g/mol. The molecule has 24 heavy (non-hydrogen) atoms. The molecule has 0 atom stereocenters. The lowest BCUT2D eigenvalue weighted by molar-refractivity contribution is -0.126. The fourth-order valence-electron chi connectivity index (χ4n) is 2.85. The topological polar surface area (TPSA) is 61.4 Å². The number of amides is 2. The molecule has 1 aromatic rings. The summed E-state index contributed by atoms with van der Waals surface area (Å²) in [4.78, 5) is 26.1. The van der Waals surface area contributed by atoms with Crippen LogP contribution in [0.4, 0.5) is 0 Å². The van der Waals surface area contributed by atoms with Crippen molar-refractivity contribution >= 4 is 23.4 Å². The number of likely N-dealkylation sites (tertiary alicyclic amines) is 1. The van der Waals surface area contributed by atoms with E-state index < -0.39 is 0 Å². The molecule has 1 saturated heterocycles. The Bertz CT molecular complexity index is 557. The third kappa shape index (κ3) is 6.13. The molecule has 0 bridgehead atoms. The standard InChI is InChI=1S/C18H26ClN3O2/c1-2-8-20-18(24)15-6-9-22(10-7-15)13-17(23)21-12-14-4-3-5-16(19)11-14/h3-5,11,15H,2,6-10,12-13H2,1H3,(H,20,24)(H,21,23). The first-order chi connectivity index (χ1) is 11.6. The van der Waals surface area contributed by atoms with Gasteiger partial charge in [-0.2, -0.15) is 0 Å². The molecule has 6 heteroatoms. The molecule has 0 spiro atoms. The summed E-state index contributed by atoms with van der Waals surface area (Å²) >= 11 is 5.93. The summed E-state index contributed by atoms with van der Waals surface area (Å²) in [5.41, 5.74) is 0.988. The number of nitrogens with zero attached hydrogens (tertiary/aromatic N) is 1. The summed E-state index contributed by atoms with van der Waals surface area (Å²) in [6, 6.07) is 7.47. The molecular weight excluding hydrogens is 326 g/mol. The van der Waals surface area contributed by atoms with Gasteiger partial charge in [0.2, 0.25) is 11.8 Å². The maximum Gasteiger partial charge on any atom is 0.234 e. The minimum Gasteiger partial charge on any atom is -0.356 e. The summed E-state index contributed by atoms with van der Waals surface area (Å²) in [6.07, 6.45) is 2.59. The Hall–Kier alpha value is -1.59. The van der Waals surface area contributed by atoms with Crippen LogP contribution in [-0.4, -0.2) is 42.9 Å². The van der Waals surface area contributed by atoms with Crippen molar-refractivity contribution in [2.45, 2.75) is 32.7 Å². The van der Waals surface area contributed by atoms with E-state index in [9.17, 15) is 9.59 Å². The normalized spacial score (nSPS) is 15.9. The van der Waals surface area contributed by atoms with E-state index in [-0.39, 0.29) is 17.7 Å². The van der Waals surface area contributed by atoms with Gasteiger partial charge in [0.25, 0.3) is 0 Å². The number of piperidine rings is 1. The molecule has 1 heterocycles. The van der Waals surface area contributed by atoms with Crippen LogP contribution in [0.5, 0.6) is 0 Å². The minimum absolute atomic E-state index is 0.00357. The maximum absolute atomic E-state index is 12.1. The third-order valence-corrected chi connectivity index (χ3v) is 4.49. The van der Waals surface area contributed by atoms with E-state index in [1.807, 2.05) is 31.2 Å². The highest BCUT2D eigenvalue weighted by Gasteiger charge is 2.25. The van der Waals surface area contributed by atoms with Gasteiger partial charge in [0.05, 0.1) is 6.54 Å². The van der Waals surface area contributed by atoms with Crippen LogP contribution < -0.4 is 10.6 Å². The van der Waals surface area contributed by atoms with E-state index in [0.29, 0.717) is 18.1 Å². The summed E-state index contributed by atoms with van der Waals surface area (Å²) in [5.74, 6) is 0.244. The highest BCUT2D eigenvalue weighted by Crippen LogP contribution is 2.17. The Morgan fingerprint density at radius 3 is 2.67 bits per heavy atom. The summed E-state index contributed by atoms with van der Waals surface area (Å²) in [6.45, 7) is 5.22. The molecule has 1 fully saturated rings. The first kappa shape index (κ1) is 18.7. The van der Waals surface area contributed by atoms with Crippen LogP contribution in [0.15, 0.2) is 24.3 Å². The zero-order chi connectivity index (χ0) is 17.4. The van der Waals surface area contributed by atoms with Crippen LogP contribution in [-0.2, 0) is 16.1 Å². The number of carbonyl (C=O) groups excluding carboxylic acids is 2. The number of carbonyl (C=O) groups is 2. The van der Waals surface area contributed by atoms with Crippen LogP contribution in [0.1, 0.15) is 31.7 Å². The van der Waals surface area contributed by atoms with Crippen molar-refractivity contribution in [1.29, 1.82) is 0 Å².